The monoisotopic (exact) mass is 318 g/mol. The highest BCUT2D eigenvalue weighted by Gasteiger charge is 2.12. The molecule has 0 aliphatic carbocycles. The summed E-state index contributed by atoms with van der Waals surface area (Å²) in [4.78, 5) is 15.8. The molecule has 0 saturated carbocycles. The highest BCUT2D eigenvalue weighted by Crippen LogP contribution is 2.27. The standard InChI is InChI=1S/C16H12ClFN2O2/c17-8-7-15(21)19-10-5-6-14-13(9-10)20-16(22-14)11-3-1-2-4-12(11)18/h1-6,9H,7-8H2,(H,19,21). The zero-order valence-corrected chi connectivity index (χ0v) is 12.2. The Balaban J connectivity index is 1.94. The van der Waals surface area contributed by atoms with Gasteiger partial charge in [-0.3, -0.25) is 4.79 Å². The average molecular weight is 319 g/mol. The molecule has 3 rings (SSSR count). The number of nitrogens with zero attached hydrogens (tertiary/aromatic N) is 1. The molecule has 4 nitrogen and oxygen atoms in total. The first-order chi connectivity index (χ1) is 10.7. The molecule has 0 fully saturated rings. The summed E-state index contributed by atoms with van der Waals surface area (Å²) in [6, 6.07) is 11.3. The quantitative estimate of drug-likeness (QED) is 0.733. The summed E-state index contributed by atoms with van der Waals surface area (Å²) in [6.45, 7) is 0. The first kappa shape index (κ1) is 14.5. The number of amides is 1. The molecule has 0 bridgehead atoms. The van der Waals surface area contributed by atoms with Crippen LogP contribution in [-0.4, -0.2) is 16.8 Å². The Kier molecular flexibility index (Phi) is 4.06. The van der Waals surface area contributed by atoms with Crippen LogP contribution in [0.25, 0.3) is 22.6 Å². The minimum atomic E-state index is -0.398. The SMILES string of the molecule is O=C(CCCl)Nc1ccc2oc(-c3ccccc3F)nc2c1. The minimum absolute atomic E-state index is 0.174. The van der Waals surface area contributed by atoms with Gasteiger partial charge in [-0.05, 0) is 30.3 Å². The van der Waals surface area contributed by atoms with Crippen molar-refractivity contribution in [3.05, 3.63) is 48.3 Å². The third-order valence-corrected chi connectivity index (χ3v) is 3.29. The lowest BCUT2D eigenvalue weighted by Crippen LogP contribution is -2.11. The number of halogens is 2. The number of carbonyl (C=O) groups excluding carboxylic acids is 1. The van der Waals surface area contributed by atoms with Crippen molar-refractivity contribution >= 4 is 34.3 Å². The lowest BCUT2D eigenvalue weighted by Gasteiger charge is -2.02. The van der Waals surface area contributed by atoms with E-state index >= 15 is 0 Å². The van der Waals surface area contributed by atoms with Gasteiger partial charge in [-0.2, -0.15) is 0 Å². The Labute approximate surface area is 130 Å². The number of nitrogens with one attached hydrogen (secondary N) is 1. The maximum Gasteiger partial charge on any atom is 0.230 e. The van der Waals surface area contributed by atoms with E-state index in [4.69, 9.17) is 16.0 Å². The molecule has 2 aromatic carbocycles. The topological polar surface area (TPSA) is 55.1 Å². The average Bonchev–Trinajstić information content (AvgIpc) is 2.90. The third-order valence-electron chi connectivity index (χ3n) is 3.10. The van der Waals surface area contributed by atoms with Gasteiger partial charge in [0.05, 0.1) is 5.56 Å². The van der Waals surface area contributed by atoms with Crippen molar-refractivity contribution in [3.63, 3.8) is 0 Å². The van der Waals surface area contributed by atoms with Crippen molar-refractivity contribution in [2.75, 3.05) is 11.2 Å². The van der Waals surface area contributed by atoms with Gasteiger partial charge >= 0.3 is 0 Å². The fourth-order valence-electron chi connectivity index (χ4n) is 2.06. The van der Waals surface area contributed by atoms with Crippen molar-refractivity contribution in [2.45, 2.75) is 6.42 Å². The fourth-order valence-corrected chi connectivity index (χ4v) is 2.24. The van der Waals surface area contributed by atoms with E-state index in [9.17, 15) is 9.18 Å². The number of rotatable bonds is 4. The van der Waals surface area contributed by atoms with Gasteiger partial charge in [-0.1, -0.05) is 12.1 Å². The number of fused-ring (bicyclic) bond motifs is 1. The van der Waals surface area contributed by atoms with Gasteiger partial charge in [-0.25, -0.2) is 9.37 Å². The van der Waals surface area contributed by atoms with Gasteiger partial charge in [0.25, 0.3) is 0 Å². The smallest absolute Gasteiger partial charge is 0.230 e. The van der Waals surface area contributed by atoms with E-state index in [0.29, 0.717) is 22.4 Å². The lowest BCUT2D eigenvalue weighted by atomic mass is 10.2. The van der Waals surface area contributed by atoms with E-state index in [0.717, 1.165) is 0 Å². The maximum absolute atomic E-state index is 13.8. The Morgan fingerprint density at radius 1 is 1.27 bits per heavy atom. The Morgan fingerprint density at radius 2 is 2.09 bits per heavy atom. The summed E-state index contributed by atoms with van der Waals surface area (Å²) in [6.07, 6.45) is 0.235. The normalized spacial score (nSPS) is 10.8. The van der Waals surface area contributed by atoms with E-state index in [1.165, 1.54) is 6.07 Å². The number of alkyl halides is 1. The molecule has 1 heterocycles. The second-order valence-electron chi connectivity index (χ2n) is 4.67. The number of oxazole rings is 1. The van der Waals surface area contributed by atoms with E-state index in [1.807, 2.05) is 0 Å². The van der Waals surface area contributed by atoms with Crippen molar-refractivity contribution < 1.29 is 13.6 Å². The molecule has 0 unspecified atom stereocenters. The second kappa shape index (κ2) is 6.15. The minimum Gasteiger partial charge on any atom is -0.436 e. The highest BCUT2D eigenvalue weighted by molar-refractivity contribution is 6.19. The molecule has 0 saturated heterocycles. The molecule has 1 N–H and O–H groups in total. The number of aromatic nitrogens is 1. The van der Waals surface area contributed by atoms with Crippen LogP contribution in [0.3, 0.4) is 0 Å². The molecule has 1 aromatic heterocycles. The number of carbonyl (C=O) groups is 1. The Bertz CT molecular complexity index is 832. The highest BCUT2D eigenvalue weighted by atomic mass is 35.5. The zero-order valence-electron chi connectivity index (χ0n) is 11.5. The van der Waals surface area contributed by atoms with Crippen molar-refractivity contribution in [2.24, 2.45) is 0 Å². The predicted octanol–water partition coefficient (Wildman–Crippen LogP) is 4.20. The van der Waals surface area contributed by atoms with Crippen molar-refractivity contribution in [1.82, 2.24) is 4.98 Å². The van der Waals surface area contributed by atoms with Crippen LogP contribution in [0.15, 0.2) is 46.9 Å². The molecule has 1 amide bonds. The fraction of sp³-hybridized carbons (Fsp3) is 0.125. The van der Waals surface area contributed by atoms with Gasteiger partial charge in [-0.15, -0.1) is 11.6 Å². The molecule has 6 heteroatoms. The van der Waals surface area contributed by atoms with Crippen LogP contribution in [0.1, 0.15) is 6.42 Å². The molecule has 0 atom stereocenters. The summed E-state index contributed by atoms with van der Waals surface area (Å²) in [5.41, 5.74) is 1.96. The summed E-state index contributed by atoms with van der Waals surface area (Å²) < 4.78 is 19.3. The van der Waals surface area contributed by atoms with Gasteiger partial charge < -0.3 is 9.73 Å². The number of benzene rings is 2. The maximum atomic E-state index is 13.8. The Morgan fingerprint density at radius 3 is 2.86 bits per heavy atom. The van der Waals surface area contributed by atoms with Crippen LogP contribution in [0.5, 0.6) is 0 Å². The first-order valence-corrected chi connectivity index (χ1v) is 7.22. The molecular formula is C16H12ClFN2O2. The molecule has 3 aromatic rings. The van der Waals surface area contributed by atoms with E-state index in [2.05, 4.69) is 10.3 Å². The van der Waals surface area contributed by atoms with Crippen LogP contribution in [0, 0.1) is 5.82 Å². The van der Waals surface area contributed by atoms with Crippen LogP contribution >= 0.6 is 11.6 Å². The van der Waals surface area contributed by atoms with Crippen LogP contribution in [0.4, 0.5) is 10.1 Å². The summed E-state index contributed by atoms with van der Waals surface area (Å²) in [5.74, 6) is -0.107. The second-order valence-corrected chi connectivity index (χ2v) is 5.05. The molecule has 0 aliphatic heterocycles. The summed E-state index contributed by atoms with van der Waals surface area (Å²) >= 11 is 5.52. The van der Waals surface area contributed by atoms with Crippen LogP contribution in [-0.2, 0) is 4.79 Å². The van der Waals surface area contributed by atoms with Crippen LogP contribution in [0.2, 0.25) is 0 Å². The molecule has 22 heavy (non-hydrogen) atoms. The first-order valence-electron chi connectivity index (χ1n) is 6.68. The zero-order chi connectivity index (χ0) is 15.5. The molecular weight excluding hydrogens is 307 g/mol. The van der Waals surface area contributed by atoms with Gasteiger partial charge in [0.2, 0.25) is 11.8 Å². The van der Waals surface area contributed by atoms with Gasteiger partial charge in [0.15, 0.2) is 5.58 Å². The molecule has 0 aliphatic rings. The Hall–Kier alpha value is -2.40. The van der Waals surface area contributed by atoms with E-state index in [-0.39, 0.29) is 24.1 Å². The molecule has 0 radical (unpaired) electrons. The molecule has 112 valence electrons. The summed E-state index contributed by atoms with van der Waals surface area (Å²) in [7, 11) is 0. The third kappa shape index (κ3) is 2.94. The molecule has 0 spiro atoms. The number of anilines is 1. The number of hydrogen-bond donors (Lipinski definition) is 1. The predicted molar refractivity (Wildman–Crippen MR) is 83.4 cm³/mol. The van der Waals surface area contributed by atoms with Crippen molar-refractivity contribution in [3.8, 4) is 11.5 Å². The van der Waals surface area contributed by atoms with E-state index < -0.39 is 5.82 Å². The van der Waals surface area contributed by atoms with Crippen molar-refractivity contribution in [1.29, 1.82) is 0 Å². The largest absolute Gasteiger partial charge is 0.436 e. The lowest BCUT2D eigenvalue weighted by molar-refractivity contribution is -0.115. The van der Waals surface area contributed by atoms with Crippen LogP contribution < -0.4 is 5.32 Å². The van der Waals surface area contributed by atoms with Gasteiger partial charge in [0.1, 0.15) is 11.3 Å². The van der Waals surface area contributed by atoms with E-state index in [1.54, 1.807) is 36.4 Å². The van der Waals surface area contributed by atoms with Gasteiger partial charge in [0, 0.05) is 18.0 Å². The number of hydrogen-bond acceptors (Lipinski definition) is 3. The summed E-state index contributed by atoms with van der Waals surface area (Å²) in [5, 5.41) is 2.72.